The topological polar surface area (TPSA) is 78.4 Å². The van der Waals surface area contributed by atoms with Gasteiger partial charge in [0.25, 0.3) is 0 Å². The monoisotopic (exact) mass is 405 g/mol. The zero-order valence-corrected chi connectivity index (χ0v) is 16.5. The molecule has 0 bridgehead atoms. The first kappa shape index (κ1) is 18.2. The van der Waals surface area contributed by atoms with Gasteiger partial charge in [0.05, 0.1) is 0 Å². The van der Waals surface area contributed by atoms with Crippen molar-refractivity contribution in [3.05, 3.63) is 28.8 Å². The van der Waals surface area contributed by atoms with Gasteiger partial charge in [-0.05, 0) is 43.9 Å². The summed E-state index contributed by atoms with van der Waals surface area (Å²) in [5.41, 5.74) is 1.68. The van der Waals surface area contributed by atoms with Gasteiger partial charge in [0.2, 0.25) is 22.1 Å². The number of carbonyl (C=O) groups is 2. The molecule has 142 valence electrons. The van der Waals surface area contributed by atoms with Gasteiger partial charge in [-0.1, -0.05) is 29.0 Å². The third-order valence-corrected chi connectivity index (χ3v) is 6.19. The summed E-state index contributed by atoms with van der Waals surface area (Å²) in [6.07, 6.45) is 3.07. The van der Waals surface area contributed by atoms with Crippen LogP contribution in [0.3, 0.4) is 0 Å². The normalized spacial score (nSPS) is 19.8. The van der Waals surface area contributed by atoms with E-state index in [9.17, 15) is 9.59 Å². The summed E-state index contributed by atoms with van der Waals surface area (Å²) < 4.78 is 0. The largest absolute Gasteiger partial charge is 0.335 e. The number of hydrogen-bond acceptors (Lipinski definition) is 6. The summed E-state index contributed by atoms with van der Waals surface area (Å²) in [6, 6.07) is 5.14. The number of amides is 2. The van der Waals surface area contributed by atoms with Crippen molar-refractivity contribution in [2.45, 2.75) is 38.6 Å². The van der Waals surface area contributed by atoms with Crippen LogP contribution in [0.4, 0.5) is 16.0 Å². The van der Waals surface area contributed by atoms with Crippen LogP contribution in [0.2, 0.25) is 5.02 Å². The van der Waals surface area contributed by atoms with Crippen LogP contribution in [-0.4, -0.2) is 41.1 Å². The molecule has 0 spiro atoms. The molecule has 2 saturated heterocycles. The lowest BCUT2D eigenvalue weighted by Gasteiger charge is -2.23. The Labute approximate surface area is 166 Å². The van der Waals surface area contributed by atoms with Crippen molar-refractivity contribution in [1.29, 1.82) is 0 Å². The summed E-state index contributed by atoms with van der Waals surface area (Å²) in [5, 5.41) is 13.3. The Morgan fingerprint density at radius 3 is 2.85 bits per heavy atom. The summed E-state index contributed by atoms with van der Waals surface area (Å²) in [7, 11) is 0. The molecule has 1 atom stereocenters. The fourth-order valence-electron chi connectivity index (χ4n) is 3.50. The maximum atomic E-state index is 12.9. The third kappa shape index (κ3) is 3.64. The molecule has 2 fully saturated rings. The van der Waals surface area contributed by atoms with E-state index in [0.717, 1.165) is 37.1 Å². The fraction of sp³-hybridized carbons (Fsp3) is 0.444. The van der Waals surface area contributed by atoms with Crippen molar-refractivity contribution in [1.82, 2.24) is 10.2 Å². The Morgan fingerprint density at radius 2 is 2.07 bits per heavy atom. The van der Waals surface area contributed by atoms with Gasteiger partial charge in [0.1, 0.15) is 6.04 Å². The molecule has 2 amide bonds. The van der Waals surface area contributed by atoms with Gasteiger partial charge in [-0.2, -0.15) is 0 Å². The van der Waals surface area contributed by atoms with E-state index in [4.69, 9.17) is 11.6 Å². The average molecular weight is 406 g/mol. The maximum absolute atomic E-state index is 12.9. The molecule has 0 aliphatic carbocycles. The zero-order valence-electron chi connectivity index (χ0n) is 14.9. The van der Waals surface area contributed by atoms with E-state index in [1.54, 1.807) is 17.0 Å². The van der Waals surface area contributed by atoms with Gasteiger partial charge in [-0.25, -0.2) is 0 Å². The molecule has 0 saturated carbocycles. The number of nitrogens with one attached hydrogen (secondary N) is 1. The fourth-order valence-corrected chi connectivity index (χ4v) is 4.63. The van der Waals surface area contributed by atoms with E-state index < -0.39 is 0 Å². The first-order valence-electron chi connectivity index (χ1n) is 9.00. The van der Waals surface area contributed by atoms with Crippen LogP contribution in [0.5, 0.6) is 0 Å². The summed E-state index contributed by atoms with van der Waals surface area (Å²) in [6.45, 7) is 3.36. The molecular formula is C18H20ClN5O2S. The van der Waals surface area contributed by atoms with Crippen LogP contribution in [0.15, 0.2) is 18.2 Å². The molecule has 1 unspecified atom stereocenters. The molecule has 2 aliphatic rings. The van der Waals surface area contributed by atoms with E-state index >= 15 is 0 Å². The minimum absolute atomic E-state index is 0.0770. The molecule has 3 heterocycles. The Hall–Kier alpha value is -2.19. The summed E-state index contributed by atoms with van der Waals surface area (Å²) in [5.74, 6) is 0.0108. The smallest absolute Gasteiger partial charge is 0.247 e. The molecule has 9 heteroatoms. The molecule has 1 aromatic heterocycles. The Morgan fingerprint density at radius 1 is 1.26 bits per heavy atom. The van der Waals surface area contributed by atoms with Gasteiger partial charge < -0.3 is 10.2 Å². The second kappa shape index (κ2) is 7.44. The Kier molecular flexibility index (Phi) is 5.01. The van der Waals surface area contributed by atoms with Crippen molar-refractivity contribution >= 4 is 50.7 Å². The van der Waals surface area contributed by atoms with E-state index in [2.05, 4.69) is 15.5 Å². The minimum Gasteiger partial charge on any atom is -0.335 e. The average Bonchev–Trinajstić information content (AvgIpc) is 3.37. The first-order chi connectivity index (χ1) is 13.0. The molecular weight excluding hydrogens is 386 g/mol. The lowest BCUT2D eigenvalue weighted by molar-refractivity contribution is -0.117. The SMILES string of the molecule is Cc1ccc(Cl)cc1NC(=O)C1CCCN1c1nnc(N2CCCC2=O)s1. The van der Waals surface area contributed by atoms with Gasteiger partial charge >= 0.3 is 0 Å². The minimum atomic E-state index is -0.307. The zero-order chi connectivity index (χ0) is 19.0. The molecule has 1 N–H and O–H groups in total. The van der Waals surface area contributed by atoms with Gasteiger partial charge in [0, 0.05) is 30.2 Å². The number of carbonyl (C=O) groups excluding carboxylic acids is 2. The second-order valence-corrected chi connectivity index (χ2v) is 8.19. The third-order valence-electron chi connectivity index (χ3n) is 4.97. The highest BCUT2D eigenvalue weighted by molar-refractivity contribution is 7.19. The maximum Gasteiger partial charge on any atom is 0.247 e. The van der Waals surface area contributed by atoms with E-state index in [1.807, 2.05) is 17.9 Å². The van der Waals surface area contributed by atoms with Crippen molar-refractivity contribution in [3.8, 4) is 0 Å². The molecule has 1 aromatic carbocycles. The van der Waals surface area contributed by atoms with E-state index in [-0.39, 0.29) is 17.9 Å². The van der Waals surface area contributed by atoms with Crippen molar-refractivity contribution in [2.75, 3.05) is 28.2 Å². The van der Waals surface area contributed by atoms with Crippen LogP contribution in [-0.2, 0) is 9.59 Å². The van der Waals surface area contributed by atoms with Crippen molar-refractivity contribution in [2.24, 2.45) is 0 Å². The number of benzene rings is 1. The molecule has 0 radical (unpaired) electrons. The van der Waals surface area contributed by atoms with Crippen LogP contribution < -0.4 is 15.1 Å². The predicted molar refractivity (Wildman–Crippen MR) is 107 cm³/mol. The van der Waals surface area contributed by atoms with Gasteiger partial charge in [-0.15, -0.1) is 10.2 Å². The number of nitrogens with zero attached hydrogens (tertiary/aromatic N) is 4. The molecule has 4 rings (SSSR count). The van der Waals surface area contributed by atoms with E-state index in [1.165, 1.54) is 11.3 Å². The second-order valence-electron chi connectivity index (χ2n) is 6.82. The van der Waals surface area contributed by atoms with Crippen LogP contribution in [0, 0.1) is 6.92 Å². The standard InChI is InChI=1S/C18H20ClN5O2S/c1-11-6-7-12(19)10-13(11)20-16(26)14-4-2-8-23(14)17-21-22-18(27-17)24-9-3-5-15(24)25/h6-7,10,14H,2-5,8-9H2,1H3,(H,20,26). The predicted octanol–water partition coefficient (Wildman–Crippen LogP) is 3.23. The number of hydrogen-bond donors (Lipinski definition) is 1. The quantitative estimate of drug-likeness (QED) is 0.844. The molecule has 2 aromatic rings. The molecule has 2 aliphatic heterocycles. The number of aryl methyl sites for hydroxylation is 1. The Balaban J connectivity index is 1.50. The van der Waals surface area contributed by atoms with Crippen LogP contribution >= 0.6 is 22.9 Å². The lowest BCUT2D eigenvalue weighted by atomic mass is 10.1. The highest BCUT2D eigenvalue weighted by atomic mass is 35.5. The molecule has 27 heavy (non-hydrogen) atoms. The number of halogens is 1. The van der Waals surface area contributed by atoms with Crippen molar-refractivity contribution in [3.63, 3.8) is 0 Å². The highest BCUT2D eigenvalue weighted by Gasteiger charge is 2.34. The lowest BCUT2D eigenvalue weighted by Crippen LogP contribution is -2.39. The molecule has 7 nitrogen and oxygen atoms in total. The van der Waals surface area contributed by atoms with E-state index in [0.29, 0.717) is 28.3 Å². The van der Waals surface area contributed by atoms with Crippen LogP contribution in [0.1, 0.15) is 31.2 Å². The summed E-state index contributed by atoms with van der Waals surface area (Å²) >= 11 is 7.42. The highest BCUT2D eigenvalue weighted by Crippen LogP contribution is 2.34. The Bertz CT molecular complexity index is 886. The number of rotatable bonds is 4. The van der Waals surface area contributed by atoms with Gasteiger partial charge in [0.15, 0.2) is 0 Å². The number of aromatic nitrogens is 2. The first-order valence-corrected chi connectivity index (χ1v) is 10.2. The number of anilines is 3. The van der Waals surface area contributed by atoms with Crippen LogP contribution in [0.25, 0.3) is 0 Å². The summed E-state index contributed by atoms with van der Waals surface area (Å²) in [4.78, 5) is 28.5. The van der Waals surface area contributed by atoms with Gasteiger partial charge in [-0.3, -0.25) is 14.5 Å². The van der Waals surface area contributed by atoms with Crippen molar-refractivity contribution < 1.29 is 9.59 Å².